The zero-order valence-electron chi connectivity index (χ0n) is 14.1. The average molecular weight is 355 g/mol. The molecule has 0 saturated carbocycles. The van der Waals surface area contributed by atoms with Crippen molar-refractivity contribution in [3.63, 3.8) is 0 Å². The van der Waals surface area contributed by atoms with Gasteiger partial charge in [-0.25, -0.2) is 4.31 Å². The molecule has 2 aliphatic rings. The van der Waals surface area contributed by atoms with Gasteiger partial charge in [0.05, 0.1) is 17.7 Å². The number of ether oxygens (including phenoxy) is 1. The Morgan fingerprint density at radius 1 is 1.25 bits per heavy atom. The van der Waals surface area contributed by atoms with Gasteiger partial charge >= 0.3 is 0 Å². The van der Waals surface area contributed by atoms with E-state index in [2.05, 4.69) is 10.6 Å². The first-order valence-corrected chi connectivity index (χ1v) is 10.4. The van der Waals surface area contributed by atoms with Gasteiger partial charge in [0.1, 0.15) is 5.75 Å². The van der Waals surface area contributed by atoms with E-state index in [0.717, 1.165) is 0 Å². The lowest BCUT2D eigenvalue weighted by molar-refractivity contribution is -0.126. The Bertz CT molecular complexity index is 690. The van der Waals surface area contributed by atoms with Crippen LogP contribution in [0.5, 0.6) is 5.75 Å². The quantitative estimate of drug-likeness (QED) is 0.746. The number of carbonyl (C=O) groups is 1. The van der Waals surface area contributed by atoms with Crippen LogP contribution in [0.15, 0.2) is 29.2 Å². The van der Waals surface area contributed by atoms with Gasteiger partial charge in [0.2, 0.25) is 5.91 Å². The number of nitrogens with zero attached hydrogens (tertiary/aromatic N) is 1. The predicted octanol–water partition coefficient (Wildman–Crippen LogP) is 0.794. The van der Waals surface area contributed by atoms with Gasteiger partial charge in [0.25, 0.3) is 0 Å². The highest BCUT2D eigenvalue weighted by atomic mass is 32.3. The van der Waals surface area contributed by atoms with E-state index in [1.54, 1.807) is 35.7 Å². The predicted molar refractivity (Wildman–Crippen MR) is 92.3 cm³/mol. The topological polar surface area (TPSA) is 90.9 Å². The molecule has 0 aromatic heterocycles. The van der Waals surface area contributed by atoms with Crippen LogP contribution in [0.3, 0.4) is 0 Å². The molecular formula is C16H25N3O4S. The summed E-state index contributed by atoms with van der Waals surface area (Å²) in [5.41, 5.74) is -0.443. The number of rotatable bonds is 3. The Morgan fingerprint density at radius 3 is 2.42 bits per heavy atom. The molecule has 1 amide bonds. The van der Waals surface area contributed by atoms with Crippen LogP contribution in [0.25, 0.3) is 0 Å². The van der Waals surface area contributed by atoms with Crippen molar-refractivity contribution in [1.82, 2.24) is 14.9 Å². The number of amides is 1. The first-order chi connectivity index (χ1) is 11.2. The molecule has 2 fully saturated rings. The van der Waals surface area contributed by atoms with Crippen molar-refractivity contribution in [2.45, 2.75) is 29.8 Å². The average Bonchev–Trinajstić information content (AvgIpc) is 2.55. The summed E-state index contributed by atoms with van der Waals surface area (Å²) in [6, 6.07) is 6.66. The van der Waals surface area contributed by atoms with Gasteiger partial charge in [-0.1, -0.05) is 0 Å². The lowest BCUT2D eigenvalue weighted by Crippen LogP contribution is -2.68. The standard InChI is InChI=1S/C16H25N3O4S/c1-23-13-3-5-14(6-4-13)24(2,21,22)19-11-8-16(9-12-19)17-10-7-15(20)18-16/h3-6,17H,7-12H2,1-2H3,(H,18,20)(H,21,22). The van der Waals surface area contributed by atoms with Gasteiger partial charge < -0.3 is 10.1 Å². The van der Waals surface area contributed by atoms with Crippen molar-refractivity contribution >= 4 is 15.4 Å². The van der Waals surface area contributed by atoms with E-state index in [-0.39, 0.29) is 5.91 Å². The van der Waals surface area contributed by atoms with Gasteiger partial charge in [0.15, 0.2) is 0 Å². The summed E-state index contributed by atoms with van der Waals surface area (Å²) in [7, 11) is -2.57. The number of nitrogens with one attached hydrogen (secondary N) is 2. The lowest BCUT2D eigenvalue weighted by atomic mass is 9.95. The molecule has 2 aliphatic heterocycles. The molecule has 8 heteroatoms. The second-order valence-electron chi connectivity index (χ2n) is 6.64. The van der Waals surface area contributed by atoms with Crippen molar-refractivity contribution in [1.29, 1.82) is 0 Å². The van der Waals surface area contributed by atoms with Crippen LogP contribution in [-0.4, -0.2) is 57.6 Å². The number of carbonyl (C=O) groups excluding carboxylic acids is 1. The Balaban J connectivity index is 1.78. The van der Waals surface area contributed by atoms with Gasteiger partial charge in [-0.2, -0.15) is 4.21 Å². The maximum atomic E-state index is 13.4. The molecule has 0 unspecified atom stereocenters. The van der Waals surface area contributed by atoms with Crippen molar-refractivity contribution in [3.8, 4) is 5.75 Å². The van der Waals surface area contributed by atoms with E-state index in [4.69, 9.17) is 4.74 Å². The van der Waals surface area contributed by atoms with Crippen LogP contribution >= 0.6 is 0 Å². The SMILES string of the molecule is COc1ccc(S(C)(=O)(O)N2CCC3(CC2)NCCC(=O)N3)cc1. The van der Waals surface area contributed by atoms with Crippen LogP contribution in [-0.2, 0) is 14.3 Å². The maximum Gasteiger partial charge on any atom is 0.222 e. The number of piperidine rings is 1. The second kappa shape index (κ2) is 5.80. The van der Waals surface area contributed by atoms with Gasteiger partial charge in [-0.05, 0) is 37.1 Å². The highest BCUT2D eigenvalue weighted by molar-refractivity contribution is 8.12. The molecular weight excluding hydrogens is 330 g/mol. The van der Waals surface area contributed by atoms with Crippen LogP contribution in [0.4, 0.5) is 0 Å². The van der Waals surface area contributed by atoms with Gasteiger partial charge in [-0.15, -0.1) is 9.53 Å². The molecule has 2 heterocycles. The molecule has 1 spiro atoms. The molecule has 3 N–H and O–H groups in total. The fraction of sp³-hybridized carbons (Fsp3) is 0.562. The molecule has 1 aromatic carbocycles. The molecule has 0 radical (unpaired) electrons. The van der Waals surface area contributed by atoms with Crippen molar-refractivity contribution in [2.75, 3.05) is 33.0 Å². The third-order valence-electron chi connectivity index (χ3n) is 4.98. The summed E-state index contributed by atoms with van der Waals surface area (Å²) in [4.78, 5) is 12.1. The highest BCUT2D eigenvalue weighted by Crippen LogP contribution is 2.38. The first-order valence-electron chi connectivity index (χ1n) is 8.08. The van der Waals surface area contributed by atoms with E-state index < -0.39 is 15.2 Å². The van der Waals surface area contributed by atoms with E-state index in [1.807, 2.05) is 0 Å². The summed E-state index contributed by atoms with van der Waals surface area (Å²) in [6.07, 6.45) is 3.06. The lowest BCUT2D eigenvalue weighted by Gasteiger charge is -2.54. The Morgan fingerprint density at radius 2 is 1.88 bits per heavy atom. The minimum Gasteiger partial charge on any atom is -0.497 e. The Labute approximate surface area is 142 Å². The molecule has 134 valence electrons. The van der Waals surface area contributed by atoms with Crippen molar-refractivity contribution in [2.24, 2.45) is 0 Å². The molecule has 3 rings (SSSR count). The van der Waals surface area contributed by atoms with E-state index in [9.17, 15) is 13.6 Å². The minimum absolute atomic E-state index is 0.0375. The van der Waals surface area contributed by atoms with Crippen LogP contribution in [0.2, 0.25) is 0 Å². The minimum atomic E-state index is -4.13. The molecule has 0 bridgehead atoms. The first kappa shape index (κ1) is 17.3. The number of hydrogen-bond donors (Lipinski definition) is 3. The zero-order valence-corrected chi connectivity index (χ0v) is 14.9. The third kappa shape index (κ3) is 3.06. The summed E-state index contributed by atoms with van der Waals surface area (Å²) in [5, 5.41) is 6.36. The normalized spacial score (nSPS) is 23.3. The zero-order chi connectivity index (χ0) is 17.4. The van der Waals surface area contributed by atoms with Crippen LogP contribution in [0, 0.1) is 0 Å². The van der Waals surface area contributed by atoms with Gasteiger partial charge in [-0.3, -0.25) is 14.7 Å². The van der Waals surface area contributed by atoms with E-state index in [1.165, 1.54) is 6.26 Å². The largest absolute Gasteiger partial charge is 0.497 e. The Hall–Kier alpha value is -1.48. The smallest absolute Gasteiger partial charge is 0.222 e. The molecule has 7 nitrogen and oxygen atoms in total. The van der Waals surface area contributed by atoms with E-state index in [0.29, 0.717) is 49.5 Å². The number of benzene rings is 1. The summed E-state index contributed by atoms with van der Waals surface area (Å²) in [5.74, 6) is 0.684. The van der Waals surface area contributed by atoms with Crippen molar-refractivity contribution in [3.05, 3.63) is 24.3 Å². The fourth-order valence-corrected chi connectivity index (χ4v) is 5.53. The maximum absolute atomic E-state index is 13.4. The molecule has 1 aromatic rings. The summed E-state index contributed by atoms with van der Waals surface area (Å²) >= 11 is 0. The summed E-state index contributed by atoms with van der Waals surface area (Å²) < 4.78 is 31.2. The van der Waals surface area contributed by atoms with Crippen molar-refractivity contribution < 1.29 is 18.3 Å². The monoisotopic (exact) mass is 355 g/mol. The molecule has 2 saturated heterocycles. The molecule has 0 aliphatic carbocycles. The number of hydrogen-bond acceptors (Lipinski definition) is 4. The number of methoxy groups -OCH3 is 1. The fourth-order valence-electron chi connectivity index (χ4n) is 3.43. The highest BCUT2D eigenvalue weighted by Gasteiger charge is 2.43. The van der Waals surface area contributed by atoms with Crippen LogP contribution < -0.4 is 15.4 Å². The third-order valence-corrected chi connectivity index (χ3v) is 7.92. The molecule has 24 heavy (non-hydrogen) atoms. The van der Waals surface area contributed by atoms with E-state index >= 15 is 0 Å². The van der Waals surface area contributed by atoms with Crippen LogP contribution in [0.1, 0.15) is 19.3 Å². The second-order valence-corrected chi connectivity index (χ2v) is 10.1. The summed E-state index contributed by atoms with van der Waals surface area (Å²) in [6.45, 7) is 1.50. The van der Waals surface area contributed by atoms with Gasteiger partial charge in [0, 0.05) is 32.3 Å². The Kier molecular flexibility index (Phi) is 4.19. The molecule has 0 atom stereocenters.